The van der Waals surface area contributed by atoms with E-state index in [2.05, 4.69) is 10.6 Å². The van der Waals surface area contributed by atoms with Gasteiger partial charge in [0.1, 0.15) is 5.75 Å². The molecule has 100 valence electrons. The average Bonchev–Trinajstić information content (AvgIpc) is 2.29. The first kappa shape index (κ1) is 14.6. The summed E-state index contributed by atoms with van der Waals surface area (Å²) in [6.07, 6.45) is 0. The second-order valence-electron chi connectivity index (χ2n) is 4.39. The summed E-state index contributed by atoms with van der Waals surface area (Å²) in [5.41, 5.74) is 1.80. The van der Waals surface area contributed by atoms with Crippen molar-refractivity contribution < 1.29 is 9.53 Å². The number of hydrogen-bond acceptors (Lipinski definition) is 2. The number of aryl methyl sites for hydroxylation is 1. The van der Waals surface area contributed by atoms with Crippen LogP contribution in [0.25, 0.3) is 0 Å². The molecule has 0 aromatic heterocycles. The second-order valence-corrected chi connectivity index (χ2v) is 4.80. The number of ether oxygens (including phenoxy) is 1. The Balaban J connectivity index is 2.72. The number of methoxy groups -OCH3 is 1. The highest BCUT2D eigenvalue weighted by atomic mass is 35.5. The molecule has 4 nitrogen and oxygen atoms in total. The van der Waals surface area contributed by atoms with Crippen LogP contribution in [-0.2, 0) is 6.54 Å². The third-order valence-electron chi connectivity index (χ3n) is 2.42. The Hall–Kier alpha value is -1.42. The number of rotatable bonds is 4. The molecule has 1 aromatic carbocycles. The van der Waals surface area contributed by atoms with Crippen LogP contribution in [0.3, 0.4) is 0 Å². The topological polar surface area (TPSA) is 50.4 Å². The summed E-state index contributed by atoms with van der Waals surface area (Å²) < 4.78 is 5.26. The molecule has 2 N–H and O–H groups in total. The van der Waals surface area contributed by atoms with Gasteiger partial charge in [-0.05, 0) is 38.5 Å². The van der Waals surface area contributed by atoms with Crippen LogP contribution >= 0.6 is 11.6 Å². The van der Waals surface area contributed by atoms with E-state index in [0.29, 0.717) is 11.6 Å². The predicted octanol–water partition coefficient (Wildman–Crippen LogP) is 2.86. The van der Waals surface area contributed by atoms with Gasteiger partial charge in [-0.2, -0.15) is 0 Å². The number of carbonyl (C=O) groups excluding carboxylic acids is 1. The van der Waals surface area contributed by atoms with Gasteiger partial charge in [0.25, 0.3) is 0 Å². The van der Waals surface area contributed by atoms with E-state index in [4.69, 9.17) is 16.3 Å². The number of carbonyl (C=O) groups is 1. The molecule has 1 aromatic rings. The Kier molecular flexibility index (Phi) is 5.28. The standard InChI is InChI=1S/C13H19ClN2O2/c1-8(2)16-13(17)15-7-10-6-11(14)9(3)5-12(10)18-4/h5-6,8H,7H2,1-4H3,(H2,15,16,17). The first-order valence-electron chi connectivity index (χ1n) is 5.81. The smallest absolute Gasteiger partial charge is 0.315 e. The van der Waals surface area contributed by atoms with Crippen LogP contribution in [0.1, 0.15) is 25.0 Å². The third kappa shape index (κ3) is 4.11. The lowest BCUT2D eigenvalue weighted by Gasteiger charge is -2.13. The van der Waals surface area contributed by atoms with E-state index in [1.807, 2.05) is 32.9 Å². The van der Waals surface area contributed by atoms with Gasteiger partial charge in [0, 0.05) is 23.2 Å². The largest absolute Gasteiger partial charge is 0.496 e. The molecule has 5 heteroatoms. The van der Waals surface area contributed by atoms with Crippen LogP contribution in [0.15, 0.2) is 12.1 Å². The number of nitrogens with one attached hydrogen (secondary N) is 2. The fraction of sp³-hybridized carbons (Fsp3) is 0.462. The molecule has 0 atom stereocenters. The van der Waals surface area contributed by atoms with Crippen molar-refractivity contribution in [3.8, 4) is 5.75 Å². The maximum Gasteiger partial charge on any atom is 0.315 e. The van der Waals surface area contributed by atoms with Gasteiger partial charge in [-0.25, -0.2) is 4.79 Å². The fourth-order valence-electron chi connectivity index (χ4n) is 1.51. The molecule has 0 aliphatic rings. The van der Waals surface area contributed by atoms with E-state index in [1.165, 1.54) is 0 Å². The lowest BCUT2D eigenvalue weighted by atomic mass is 10.1. The number of amides is 2. The van der Waals surface area contributed by atoms with Crippen molar-refractivity contribution in [1.29, 1.82) is 0 Å². The van der Waals surface area contributed by atoms with E-state index in [9.17, 15) is 4.79 Å². The SMILES string of the molecule is COc1cc(C)c(Cl)cc1CNC(=O)NC(C)C. The fourth-order valence-corrected chi connectivity index (χ4v) is 1.70. The van der Waals surface area contributed by atoms with Crippen molar-refractivity contribution in [3.05, 3.63) is 28.3 Å². The van der Waals surface area contributed by atoms with Gasteiger partial charge in [0.2, 0.25) is 0 Å². The molecule has 1 rings (SSSR count). The van der Waals surface area contributed by atoms with Crippen LogP contribution < -0.4 is 15.4 Å². The van der Waals surface area contributed by atoms with E-state index >= 15 is 0 Å². The van der Waals surface area contributed by atoms with Gasteiger partial charge in [-0.3, -0.25) is 0 Å². The van der Waals surface area contributed by atoms with Gasteiger partial charge in [0.05, 0.1) is 7.11 Å². The summed E-state index contributed by atoms with van der Waals surface area (Å²) in [4.78, 5) is 11.5. The summed E-state index contributed by atoms with van der Waals surface area (Å²) >= 11 is 6.06. The quantitative estimate of drug-likeness (QED) is 0.884. The highest BCUT2D eigenvalue weighted by Crippen LogP contribution is 2.26. The maximum atomic E-state index is 11.5. The molecule has 0 fully saturated rings. The molecule has 0 aliphatic carbocycles. The number of urea groups is 1. The molecule has 0 saturated heterocycles. The van der Waals surface area contributed by atoms with Gasteiger partial charge in [-0.1, -0.05) is 11.6 Å². The highest BCUT2D eigenvalue weighted by molar-refractivity contribution is 6.31. The van der Waals surface area contributed by atoms with Crippen LogP contribution in [0, 0.1) is 6.92 Å². The molecule has 18 heavy (non-hydrogen) atoms. The molecule has 0 unspecified atom stereocenters. The molecule has 0 bridgehead atoms. The van der Waals surface area contributed by atoms with Crippen LogP contribution in [0.2, 0.25) is 5.02 Å². The zero-order valence-corrected chi connectivity index (χ0v) is 11.9. The molecular weight excluding hydrogens is 252 g/mol. The van der Waals surface area contributed by atoms with Crippen molar-refractivity contribution in [2.24, 2.45) is 0 Å². The second kappa shape index (κ2) is 6.50. The van der Waals surface area contributed by atoms with Crippen LogP contribution in [-0.4, -0.2) is 19.2 Å². The van der Waals surface area contributed by atoms with Crippen molar-refractivity contribution in [1.82, 2.24) is 10.6 Å². The van der Waals surface area contributed by atoms with Crippen molar-refractivity contribution in [2.45, 2.75) is 33.4 Å². The van der Waals surface area contributed by atoms with Gasteiger partial charge in [-0.15, -0.1) is 0 Å². The highest BCUT2D eigenvalue weighted by Gasteiger charge is 2.09. The molecule has 0 aliphatic heterocycles. The van der Waals surface area contributed by atoms with Gasteiger partial charge >= 0.3 is 6.03 Å². The Morgan fingerprint density at radius 1 is 1.44 bits per heavy atom. The predicted molar refractivity (Wildman–Crippen MR) is 73.2 cm³/mol. The number of benzene rings is 1. The monoisotopic (exact) mass is 270 g/mol. The van der Waals surface area contributed by atoms with E-state index in [0.717, 1.165) is 16.9 Å². The van der Waals surface area contributed by atoms with Crippen molar-refractivity contribution in [3.63, 3.8) is 0 Å². The molecule has 2 amide bonds. The summed E-state index contributed by atoms with van der Waals surface area (Å²) in [5.74, 6) is 0.724. The Morgan fingerprint density at radius 3 is 2.67 bits per heavy atom. The van der Waals surface area contributed by atoms with Crippen LogP contribution in [0.4, 0.5) is 4.79 Å². The first-order valence-corrected chi connectivity index (χ1v) is 6.19. The normalized spacial score (nSPS) is 10.3. The average molecular weight is 271 g/mol. The molecule has 0 spiro atoms. The third-order valence-corrected chi connectivity index (χ3v) is 2.83. The van der Waals surface area contributed by atoms with Gasteiger partial charge < -0.3 is 15.4 Å². The Labute approximate surface area is 113 Å². The first-order chi connectivity index (χ1) is 8.43. The Bertz CT molecular complexity index is 433. The molecule has 0 saturated carbocycles. The van der Waals surface area contributed by atoms with E-state index in [1.54, 1.807) is 7.11 Å². The minimum atomic E-state index is -0.205. The van der Waals surface area contributed by atoms with Crippen LogP contribution in [0.5, 0.6) is 5.75 Å². The number of halogens is 1. The number of hydrogen-bond donors (Lipinski definition) is 2. The summed E-state index contributed by atoms with van der Waals surface area (Å²) in [7, 11) is 1.60. The summed E-state index contributed by atoms with van der Waals surface area (Å²) in [6.45, 7) is 6.10. The Morgan fingerprint density at radius 2 is 2.11 bits per heavy atom. The lowest BCUT2D eigenvalue weighted by molar-refractivity contribution is 0.238. The molecular formula is C13H19ClN2O2. The summed E-state index contributed by atoms with van der Waals surface area (Å²) in [5, 5.41) is 6.18. The maximum absolute atomic E-state index is 11.5. The van der Waals surface area contributed by atoms with E-state index < -0.39 is 0 Å². The zero-order valence-electron chi connectivity index (χ0n) is 11.1. The lowest BCUT2D eigenvalue weighted by Crippen LogP contribution is -2.39. The minimum absolute atomic E-state index is 0.105. The zero-order chi connectivity index (χ0) is 13.7. The van der Waals surface area contributed by atoms with Crippen molar-refractivity contribution >= 4 is 17.6 Å². The van der Waals surface area contributed by atoms with Gasteiger partial charge in [0.15, 0.2) is 0 Å². The summed E-state index contributed by atoms with van der Waals surface area (Å²) in [6, 6.07) is 3.57. The van der Waals surface area contributed by atoms with E-state index in [-0.39, 0.29) is 12.1 Å². The molecule has 0 radical (unpaired) electrons. The minimum Gasteiger partial charge on any atom is -0.496 e. The molecule has 0 heterocycles. The van der Waals surface area contributed by atoms with Crippen molar-refractivity contribution in [2.75, 3.05) is 7.11 Å².